The van der Waals surface area contributed by atoms with Crippen molar-refractivity contribution < 1.29 is 4.39 Å². The number of benzene rings is 1. The Morgan fingerprint density at radius 2 is 1.82 bits per heavy atom. The van der Waals surface area contributed by atoms with Crippen molar-refractivity contribution in [3.05, 3.63) is 35.1 Å². The Kier molecular flexibility index (Phi) is 3.53. The average molecular weight is 235 g/mol. The molecule has 1 aromatic rings. The molecule has 2 heteroatoms. The van der Waals surface area contributed by atoms with E-state index in [0.29, 0.717) is 5.92 Å². The predicted octanol–water partition coefficient (Wildman–Crippen LogP) is 4.07. The monoisotopic (exact) mass is 235 g/mol. The Morgan fingerprint density at radius 3 is 2.41 bits per heavy atom. The number of halogens is 1. The molecule has 0 aliphatic heterocycles. The minimum atomic E-state index is -0.306. The van der Waals surface area contributed by atoms with Gasteiger partial charge in [-0.25, -0.2) is 4.39 Å². The van der Waals surface area contributed by atoms with Crippen molar-refractivity contribution in [3.8, 4) is 0 Å². The Hall–Kier alpha value is -0.890. The third-order valence-electron chi connectivity index (χ3n) is 3.92. The van der Waals surface area contributed by atoms with Gasteiger partial charge >= 0.3 is 0 Å². The third kappa shape index (κ3) is 2.52. The number of rotatable bonds is 2. The SMILES string of the molecule is CC(C)c1ccc(F)cc1C1(N)CCCCC1. The minimum Gasteiger partial charge on any atom is -0.321 e. The lowest BCUT2D eigenvalue weighted by Crippen LogP contribution is -2.39. The fourth-order valence-corrected chi connectivity index (χ4v) is 2.92. The van der Waals surface area contributed by atoms with Gasteiger partial charge in [-0.15, -0.1) is 0 Å². The lowest BCUT2D eigenvalue weighted by molar-refractivity contribution is 0.299. The average Bonchev–Trinajstić information content (AvgIpc) is 2.29. The summed E-state index contributed by atoms with van der Waals surface area (Å²) < 4.78 is 13.5. The minimum absolute atomic E-state index is 0.167. The summed E-state index contributed by atoms with van der Waals surface area (Å²) in [6.07, 6.45) is 5.53. The molecule has 2 N–H and O–H groups in total. The molecule has 0 amide bonds. The molecule has 17 heavy (non-hydrogen) atoms. The molecule has 0 saturated heterocycles. The predicted molar refractivity (Wildman–Crippen MR) is 69.4 cm³/mol. The number of nitrogens with two attached hydrogens (primary N) is 1. The van der Waals surface area contributed by atoms with Crippen molar-refractivity contribution in [1.29, 1.82) is 0 Å². The zero-order chi connectivity index (χ0) is 12.5. The van der Waals surface area contributed by atoms with Crippen molar-refractivity contribution in [2.75, 3.05) is 0 Å². The highest BCUT2D eigenvalue weighted by atomic mass is 19.1. The van der Waals surface area contributed by atoms with Crippen molar-refractivity contribution in [2.45, 2.75) is 57.4 Å². The Labute approximate surface area is 103 Å². The van der Waals surface area contributed by atoms with Crippen LogP contribution in [0, 0.1) is 5.82 Å². The van der Waals surface area contributed by atoms with E-state index in [1.165, 1.54) is 12.0 Å². The van der Waals surface area contributed by atoms with Crippen LogP contribution in [0.15, 0.2) is 18.2 Å². The van der Waals surface area contributed by atoms with Gasteiger partial charge in [-0.05, 0) is 42.0 Å². The topological polar surface area (TPSA) is 26.0 Å². The van der Waals surface area contributed by atoms with E-state index in [-0.39, 0.29) is 11.4 Å². The first-order valence-electron chi connectivity index (χ1n) is 6.62. The first-order chi connectivity index (χ1) is 8.03. The Morgan fingerprint density at radius 1 is 1.18 bits per heavy atom. The van der Waals surface area contributed by atoms with Gasteiger partial charge in [0.05, 0.1) is 0 Å². The van der Waals surface area contributed by atoms with Crippen LogP contribution < -0.4 is 5.73 Å². The maximum Gasteiger partial charge on any atom is 0.123 e. The van der Waals surface area contributed by atoms with Gasteiger partial charge in [0.15, 0.2) is 0 Å². The smallest absolute Gasteiger partial charge is 0.123 e. The first kappa shape index (κ1) is 12.6. The van der Waals surface area contributed by atoms with Gasteiger partial charge in [0.2, 0.25) is 0 Å². The highest BCUT2D eigenvalue weighted by Gasteiger charge is 2.32. The number of hydrogen-bond acceptors (Lipinski definition) is 1. The van der Waals surface area contributed by atoms with E-state index in [0.717, 1.165) is 31.2 Å². The first-order valence-corrected chi connectivity index (χ1v) is 6.62. The molecule has 0 heterocycles. The molecule has 0 atom stereocenters. The third-order valence-corrected chi connectivity index (χ3v) is 3.92. The van der Waals surface area contributed by atoms with Gasteiger partial charge in [-0.2, -0.15) is 0 Å². The Bertz CT molecular complexity index is 392. The maximum absolute atomic E-state index is 13.5. The summed E-state index contributed by atoms with van der Waals surface area (Å²) in [6.45, 7) is 4.28. The largest absolute Gasteiger partial charge is 0.321 e. The van der Waals surface area contributed by atoms with Crippen LogP contribution in [0.2, 0.25) is 0 Å². The van der Waals surface area contributed by atoms with Crippen LogP contribution in [0.4, 0.5) is 4.39 Å². The van der Waals surface area contributed by atoms with Crippen molar-refractivity contribution in [1.82, 2.24) is 0 Å². The summed E-state index contributed by atoms with van der Waals surface area (Å²) in [4.78, 5) is 0. The molecule has 0 bridgehead atoms. The Balaban J connectivity index is 2.44. The van der Waals surface area contributed by atoms with Crippen LogP contribution in [0.3, 0.4) is 0 Å². The van der Waals surface area contributed by atoms with E-state index < -0.39 is 0 Å². The highest BCUT2D eigenvalue weighted by Crippen LogP contribution is 2.38. The molecule has 1 saturated carbocycles. The van der Waals surface area contributed by atoms with E-state index in [1.54, 1.807) is 12.1 Å². The van der Waals surface area contributed by atoms with Gasteiger partial charge < -0.3 is 5.73 Å². The van der Waals surface area contributed by atoms with E-state index in [9.17, 15) is 4.39 Å². The summed E-state index contributed by atoms with van der Waals surface area (Å²) >= 11 is 0. The second-order valence-corrected chi connectivity index (χ2v) is 5.60. The van der Waals surface area contributed by atoms with Gasteiger partial charge in [0.1, 0.15) is 5.82 Å². The molecule has 0 unspecified atom stereocenters. The highest BCUT2D eigenvalue weighted by molar-refractivity contribution is 5.36. The summed E-state index contributed by atoms with van der Waals surface area (Å²) in [7, 11) is 0. The van der Waals surface area contributed by atoms with E-state index in [2.05, 4.69) is 13.8 Å². The zero-order valence-corrected chi connectivity index (χ0v) is 10.8. The quantitative estimate of drug-likeness (QED) is 0.821. The van der Waals surface area contributed by atoms with Crippen molar-refractivity contribution in [3.63, 3.8) is 0 Å². The van der Waals surface area contributed by atoms with Crippen LogP contribution in [0.1, 0.15) is 63.0 Å². The fourth-order valence-electron chi connectivity index (χ4n) is 2.92. The molecule has 1 fully saturated rings. The van der Waals surface area contributed by atoms with Gasteiger partial charge in [0, 0.05) is 5.54 Å². The molecule has 1 aliphatic carbocycles. The van der Waals surface area contributed by atoms with Crippen LogP contribution in [-0.4, -0.2) is 0 Å². The molecule has 1 aliphatic rings. The molecule has 0 radical (unpaired) electrons. The van der Waals surface area contributed by atoms with Gasteiger partial charge in [-0.1, -0.05) is 39.2 Å². The molecule has 1 nitrogen and oxygen atoms in total. The second kappa shape index (κ2) is 4.77. The van der Waals surface area contributed by atoms with Crippen molar-refractivity contribution >= 4 is 0 Å². The molecule has 0 aromatic heterocycles. The molecular weight excluding hydrogens is 213 g/mol. The summed E-state index contributed by atoms with van der Waals surface area (Å²) in [5.41, 5.74) is 8.45. The van der Waals surface area contributed by atoms with E-state index in [1.807, 2.05) is 6.07 Å². The van der Waals surface area contributed by atoms with E-state index >= 15 is 0 Å². The maximum atomic E-state index is 13.5. The summed E-state index contributed by atoms with van der Waals surface area (Å²) in [5, 5.41) is 0. The summed E-state index contributed by atoms with van der Waals surface area (Å²) in [6, 6.07) is 5.10. The standard InChI is InChI=1S/C15H22FN/c1-11(2)13-7-6-12(16)10-14(13)15(17)8-4-3-5-9-15/h6-7,10-11H,3-5,8-9,17H2,1-2H3. The van der Waals surface area contributed by atoms with Crippen LogP contribution in [0.25, 0.3) is 0 Å². The lowest BCUT2D eigenvalue weighted by Gasteiger charge is -2.36. The molecule has 2 rings (SSSR count). The molecular formula is C15H22FN. The number of hydrogen-bond donors (Lipinski definition) is 1. The van der Waals surface area contributed by atoms with Crippen LogP contribution >= 0.6 is 0 Å². The van der Waals surface area contributed by atoms with Crippen LogP contribution in [-0.2, 0) is 5.54 Å². The second-order valence-electron chi connectivity index (χ2n) is 5.60. The summed E-state index contributed by atoms with van der Waals surface area (Å²) in [5.74, 6) is 0.229. The normalized spacial score (nSPS) is 19.6. The van der Waals surface area contributed by atoms with Crippen LogP contribution in [0.5, 0.6) is 0 Å². The molecule has 0 spiro atoms. The van der Waals surface area contributed by atoms with Crippen molar-refractivity contribution in [2.24, 2.45) is 5.73 Å². The van der Waals surface area contributed by atoms with Gasteiger partial charge in [0.25, 0.3) is 0 Å². The van der Waals surface area contributed by atoms with E-state index in [4.69, 9.17) is 5.73 Å². The van der Waals surface area contributed by atoms with Gasteiger partial charge in [-0.3, -0.25) is 0 Å². The zero-order valence-electron chi connectivity index (χ0n) is 10.8. The molecule has 94 valence electrons. The lowest BCUT2D eigenvalue weighted by atomic mass is 9.74. The molecule has 1 aromatic carbocycles. The fraction of sp³-hybridized carbons (Fsp3) is 0.600.